The van der Waals surface area contributed by atoms with Crippen molar-refractivity contribution in [2.45, 2.75) is 50.7 Å². The molecule has 0 aliphatic carbocycles. The van der Waals surface area contributed by atoms with Gasteiger partial charge in [0.15, 0.2) is 0 Å². The number of esters is 1. The van der Waals surface area contributed by atoms with Crippen LogP contribution in [0.3, 0.4) is 0 Å². The van der Waals surface area contributed by atoms with Crippen molar-refractivity contribution in [1.29, 1.82) is 5.26 Å². The molecule has 0 saturated carbocycles. The van der Waals surface area contributed by atoms with Gasteiger partial charge in [-0.3, -0.25) is 4.90 Å². The van der Waals surface area contributed by atoms with Crippen LogP contribution in [0, 0.1) is 17.1 Å². The number of benzene rings is 2. The number of aromatic nitrogens is 3. The first-order valence-electron chi connectivity index (χ1n) is 14.9. The number of carbonyl (C=O) groups is 1. The first kappa shape index (κ1) is 30.6. The zero-order valence-electron chi connectivity index (χ0n) is 24.9. The molecule has 2 aliphatic rings. The normalized spacial score (nSPS) is 17.9. The van der Waals surface area contributed by atoms with Crippen LogP contribution in [0.15, 0.2) is 54.6 Å². The first-order chi connectivity index (χ1) is 21.9. The number of nitriles is 1. The van der Waals surface area contributed by atoms with Crippen molar-refractivity contribution in [1.82, 2.24) is 19.4 Å². The Labute approximate surface area is 259 Å². The lowest BCUT2D eigenvalue weighted by molar-refractivity contribution is -0.149. The zero-order chi connectivity index (χ0) is 31.4. The fourth-order valence-electron chi connectivity index (χ4n) is 5.88. The third kappa shape index (κ3) is 6.53. The molecular weight excluding hydrogens is 581 g/mol. The van der Waals surface area contributed by atoms with E-state index in [2.05, 4.69) is 14.5 Å². The van der Waals surface area contributed by atoms with Gasteiger partial charge < -0.3 is 28.6 Å². The van der Waals surface area contributed by atoms with E-state index in [0.717, 1.165) is 29.9 Å². The maximum Gasteiger partial charge on any atom is 0.337 e. The monoisotopic (exact) mass is 615 g/mol. The predicted octanol–water partition coefficient (Wildman–Crippen LogP) is 4.05. The molecule has 2 aliphatic heterocycles. The van der Waals surface area contributed by atoms with Gasteiger partial charge in [-0.05, 0) is 55.7 Å². The second-order valence-electron chi connectivity index (χ2n) is 11.2. The maximum atomic E-state index is 14.4. The van der Waals surface area contributed by atoms with E-state index >= 15 is 0 Å². The molecule has 0 radical (unpaired) electrons. The van der Waals surface area contributed by atoms with Crippen LogP contribution in [0.4, 0.5) is 4.39 Å². The Morgan fingerprint density at radius 2 is 2.00 bits per heavy atom. The summed E-state index contributed by atoms with van der Waals surface area (Å²) in [6.45, 7) is 2.75. The topological polar surface area (TPSA) is 132 Å². The lowest BCUT2D eigenvalue weighted by atomic mass is 9.87. The van der Waals surface area contributed by atoms with E-state index < -0.39 is 24.2 Å². The minimum atomic E-state index is -0.834. The highest BCUT2D eigenvalue weighted by Crippen LogP contribution is 2.37. The number of ether oxygens (including phenoxy) is 4. The van der Waals surface area contributed by atoms with Gasteiger partial charge in [0.05, 0.1) is 60.2 Å². The van der Waals surface area contributed by atoms with Crippen molar-refractivity contribution in [2.75, 3.05) is 33.6 Å². The quantitative estimate of drug-likeness (QED) is 0.195. The molecule has 11 nitrogen and oxygen atoms in total. The summed E-state index contributed by atoms with van der Waals surface area (Å²) >= 11 is 0. The summed E-state index contributed by atoms with van der Waals surface area (Å²) in [4.78, 5) is 24.1. The van der Waals surface area contributed by atoms with Gasteiger partial charge in [0.2, 0.25) is 5.88 Å². The average Bonchev–Trinajstić information content (AvgIpc) is 3.38. The molecule has 0 spiro atoms. The first-order valence-corrected chi connectivity index (χ1v) is 14.9. The van der Waals surface area contributed by atoms with E-state index in [0.29, 0.717) is 61.7 Å². The van der Waals surface area contributed by atoms with E-state index in [1.54, 1.807) is 24.3 Å². The third-order valence-electron chi connectivity index (χ3n) is 8.55. The van der Waals surface area contributed by atoms with E-state index in [-0.39, 0.29) is 18.3 Å². The molecule has 6 rings (SSSR count). The molecule has 45 heavy (non-hydrogen) atoms. The molecule has 2 aromatic carbocycles. The molecular formula is C33H34FN5O6. The number of fused-ring (bicyclic) bond motifs is 1. The van der Waals surface area contributed by atoms with Crippen molar-refractivity contribution >= 4 is 17.0 Å². The Morgan fingerprint density at radius 3 is 2.69 bits per heavy atom. The van der Waals surface area contributed by atoms with Crippen LogP contribution in [-0.2, 0) is 39.5 Å². The molecule has 2 saturated heterocycles. The van der Waals surface area contributed by atoms with Crippen molar-refractivity contribution < 1.29 is 33.2 Å². The summed E-state index contributed by atoms with van der Waals surface area (Å²) < 4.78 is 38.9. The minimum Gasteiger partial charge on any atom is -0.473 e. The highest BCUT2D eigenvalue weighted by atomic mass is 19.1. The number of likely N-dealkylation sites (tertiary alicyclic amines) is 1. The molecule has 1 atom stereocenters. The number of imidazole rings is 1. The Kier molecular flexibility index (Phi) is 9.04. The van der Waals surface area contributed by atoms with E-state index in [1.807, 2.05) is 24.3 Å². The van der Waals surface area contributed by atoms with Crippen molar-refractivity contribution in [2.24, 2.45) is 0 Å². The Balaban J connectivity index is 1.17. The Hall–Kier alpha value is -4.41. The summed E-state index contributed by atoms with van der Waals surface area (Å²) in [6.07, 6.45) is 2.20. The number of aliphatic hydroxyl groups excluding tert-OH is 1. The second-order valence-corrected chi connectivity index (χ2v) is 11.2. The van der Waals surface area contributed by atoms with Crippen LogP contribution in [0.2, 0.25) is 0 Å². The van der Waals surface area contributed by atoms with Crippen LogP contribution in [0.5, 0.6) is 5.88 Å². The maximum absolute atomic E-state index is 14.4. The fraction of sp³-hybridized carbons (Fsp3) is 0.394. The van der Waals surface area contributed by atoms with Crippen molar-refractivity contribution in [3.63, 3.8) is 0 Å². The number of hydrogen-bond donors (Lipinski definition) is 1. The summed E-state index contributed by atoms with van der Waals surface area (Å²) in [5.41, 5.74) is 2.47. The number of carbonyl (C=O) groups excluding carboxylic acids is 1. The highest BCUT2D eigenvalue weighted by Gasteiger charge is 2.39. The number of nitrogens with zero attached hydrogens (tertiary/aromatic N) is 5. The standard InChI is InChI=1S/C33H34FN5O6/c1-42-32(41)23-7-8-27-28(16-23)39(18-25-9-14-43-25)30(36-27)19-38-12-10-33(11-13-38,45-21-40)29-3-2-4-31(37-29)44-20-24-6-5-22(17-35)15-26(24)34/h2-8,15-16,25,40H,9-14,18-21H2,1H3/t25-/m0/s1. The van der Waals surface area contributed by atoms with Gasteiger partial charge in [0, 0.05) is 31.3 Å². The highest BCUT2D eigenvalue weighted by molar-refractivity contribution is 5.93. The zero-order valence-corrected chi connectivity index (χ0v) is 24.9. The third-order valence-corrected chi connectivity index (χ3v) is 8.55. The van der Waals surface area contributed by atoms with Crippen LogP contribution < -0.4 is 4.74 Å². The van der Waals surface area contributed by atoms with Gasteiger partial charge in [0.25, 0.3) is 0 Å². The number of pyridine rings is 1. The molecule has 0 bridgehead atoms. The molecule has 0 amide bonds. The van der Waals surface area contributed by atoms with Gasteiger partial charge in [-0.15, -0.1) is 0 Å². The minimum absolute atomic E-state index is 0.0519. The van der Waals surface area contributed by atoms with Crippen LogP contribution in [0.1, 0.15) is 52.3 Å². The van der Waals surface area contributed by atoms with E-state index in [4.69, 9.17) is 29.2 Å². The van der Waals surface area contributed by atoms with Crippen molar-refractivity contribution in [3.8, 4) is 11.9 Å². The molecule has 12 heteroatoms. The van der Waals surface area contributed by atoms with Gasteiger partial charge in [-0.1, -0.05) is 12.1 Å². The van der Waals surface area contributed by atoms with Crippen molar-refractivity contribution in [3.05, 3.63) is 88.6 Å². The smallest absolute Gasteiger partial charge is 0.337 e. The van der Waals surface area contributed by atoms with Crippen LogP contribution in [-0.4, -0.2) is 70.2 Å². The van der Waals surface area contributed by atoms with Gasteiger partial charge in [-0.25, -0.2) is 19.2 Å². The number of hydrogen-bond acceptors (Lipinski definition) is 10. The molecule has 2 aromatic heterocycles. The summed E-state index contributed by atoms with van der Waals surface area (Å²) in [7, 11) is 1.37. The number of piperidine rings is 1. The number of methoxy groups -OCH3 is 1. The molecule has 4 heterocycles. The van der Waals surface area contributed by atoms with Crippen LogP contribution in [0.25, 0.3) is 11.0 Å². The predicted molar refractivity (Wildman–Crippen MR) is 159 cm³/mol. The summed E-state index contributed by atoms with van der Waals surface area (Å²) in [6, 6.07) is 16.9. The largest absolute Gasteiger partial charge is 0.473 e. The summed E-state index contributed by atoms with van der Waals surface area (Å²) in [5.74, 6) is 0.265. The molecule has 1 N–H and O–H groups in total. The lowest BCUT2D eigenvalue weighted by Crippen LogP contribution is -2.45. The van der Waals surface area contributed by atoms with Gasteiger partial charge >= 0.3 is 5.97 Å². The number of aliphatic hydroxyl groups is 1. The number of rotatable bonds is 11. The second kappa shape index (κ2) is 13.3. The van der Waals surface area contributed by atoms with Gasteiger partial charge in [0.1, 0.15) is 30.6 Å². The SMILES string of the molecule is COC(=O)c1ccc2nc(CN3CCC(OCO)(c4cccc(OCc5ccc(C#N)cc5F)n4)CC3)n(C[C@@H]3CCO3)c2c1. The fourth-order valence-corrected chi connectivity index (χ4v) is 5.88. The van der Waals surface area contributed by atoms with E-state index in [1.165, 1.54) is 19.2 Å². The van der Waals surface area contributed by atoms with E-state index in [9.17, 15) is 14.3 Å². The molecule has 4 aromatic rings. The molecule has 0 unspecified atom stereocenters. The van der Waals surface area contributed by atoms with Gasteiger partial charge in [-0.2, -0.15) is 5.26 Å². The lowest BCUT2D eigenvalue weighted by Gasteiger charge is -2.40. The van der Waals surface area contributed by atoms with Crippen LogP contribution >= 0.6 is 0 Å². The summed E-state index contributed by atoms with van der Waals surface area (Å²) in [5, 5.41) is 18.8. The Bertz CT molecular complexity index is 1720. The molecule has 2 fully saturated rings. The number of halogens is 1. The average molecular weight is 616 g/mol. The molecule has 234 valence electrons. The Morgan fingerprint density at radius 1 is 1.18 bits per heavy atom.